The Kier molecular flexibility index (Phi) is 5.57. The summed E-state index contributed by atoms with van der Waals surface area (Å²) in [7, 11) is 2.17. The second-order valence-electron chi connectivity index (χ2n) is 6.10. The van der Waals surface area contributed by atoms with Crippen LogP contribution in [0.1, 0.15) is 32.9 Å². The summed E-state index contributed by atoms with van der Waals surface area (Å²) in [6.45, 7) is 9.61. The number of aromatic nitrogens is 1. The van der Waals surface area contributed by atoms with Crippen molar-refractivity contribution in [1.82, 2.24) is 10.3 Å². The number of hydrogen-bond acceptors (Lipinski definition) is 3. The Morgan fingerprint density at radius 2 is 2.00 bits per heavy atom. The van der Waals surface area contributed by atoms with Gasteiger partial charge in [-0.1, -0.05) is 39.0 Å². The molecule has 0 bridgehead atoms. The Bertz CT molecular complexity index is 578. The average Bonchev–Trinajstić information content (AvgIpc) is 2.46. The molecular weight excluding hydrogens is 258 g/mol. The molecule has 0 aliphatic heterocycles. The minimum Gasteiger partial charge on any atom is -0.374 e. The van der Waals surface area contributed by atoms with Gasteiger partial charge in [-0.15, -0.1) is 0 Å². The molecule has 3 nitrogen and oxygen atoms in total. The first kappa shape index (κ1) is 15.8. The van der Waals surface area contributed by atoms with Gasteiger partial charge in [0.2, 0.25) is 0 Å². The lowest BCUT2D eigenvalue weighted by Crippen LogP contribution is -2.23. The van der Waals surface area contributed by atoms with Crippen LogP contribution >= 0.6 is 0 Å². The van der Waals surface area contributed by atoms with E-state index in [4.69, 9.17) is 4.98 Å². The van der Waals surface area contributed by atoms with Crippen LogP contribution in [0.15, 0.2) is 30.3 Å². The summed E-state index contributed by atoms with van der Waals surface area (Å²) in [5, 5.41) is 4.68. The smallest absolute Gasteiger partial charge is 0.0726 e. The summed E-state index contributed by atoms with van der Waals surface area (Å²) in [4.78, 5) is 7.13. The van der Waals surface area contributed by atoms with E-state index in [1.54, 1.807) is 0 Å². The zero-order valence-electron chi connectivity index (χ0n) is 13.7. The largest absolute Gasteiger partial charge is 0.374 e. The molecule has 1 N–H and O–H groups in total. The van der Waals surface area contributed by atoms with Crippen molar-refractivity contribution in [3.63, 3.8) is 0 Å². The van der Waals surface area contributed by atoms with Gasteiger partial charge in [0.25, 0.3) is 0 Å². The molecule has 0 atom stereocenters. The predicted octanol–water partition coefficient (Wildman–Crippen LogP) is 3.83. The van der Waals surface area contributed by atoms with Gasteiger partial charge in [0.1, 0.15) is 0 Å². The molecule has 3 heteroatoms. The van der Waals surface area contributed by atoms with Crippen molar-refractivity contribution >= 4 is 16.6 Å². The molecule has 0 fully saturated rings. The van der Waals surface area contributed by atoms with Crippen molar-refractivity contribution in [3.8, 4) is 0 Å². The highest BCUT2D eigenvalue weighted by atomic mass is 15.1. The number of nitrogens with zero attached hydrogens (tertiary/aromatic N) is 2. The van der Waals surface area contributed by atoms with E-state index in [0.717, 1.165) is 37.3 Å². The highest BCUT2D eigenvalue weighted by molar-refractivity contribution is 5.91. The van der Waals surface area contributed by atoms with Crippen LogP contribution in [0.4, 0.5) is 5.69 Å². The number of fused-ring (bicyclic) bond motifs is 1. The van der Waals surface area contributed by atoms with Gasteiger partial charge in [-0.2, -0.15) is 0 Å². The number of rotatable bonds is 7. The third-order valence-electron chi connectivity index (χ3n) is 3.53. The highest BCUT2D eigenvalue weighted by Crippen LogP contribution is 2.26. The standard InChI is InChI=1S/C18H27N3/c1-5-10-19-12-15-11-18(21(4)13-14(2)3)16-8-6-7-9-17(16)20-15/h6-9,11,14,19H,5,10,12-13H2,1-4H3. The number of benzene rings is 1. The van der Waals surface area contributed by atoms with Gasteiger partial charge < -0.3 is 10.2 Å². The molecule has 1 aromatic heterocycles. The first-order valence-corrected chi connectivity index (χ1v) is 7.92. The van der Waals surface area contributed by atoms with Gasteiger partial charge in [-0.05, 0) is 31.0 Å². The van der Waals surface area contributed by atoms with E-state index in [1.807, 2.05) is 0 Å². The molecule has 2 rings (SSSR count). The number of pyridine rings is 1. The summed E-state index contributed by atoms with van der Waals surface area (Å²) in [5.74, 6) is 0.642. The second-order valence-corrected chi connectivity index (χ2v) is 6.10. The maximum Gasteiger partial charge on any atom is 0.0726 e. The third-order valence-corrected chi connectivity index (χ3v) is 3.53. The fourth-order valence-electron chi connectivity index (χ4n) is 2.66. The van der Waals surface area contributed by atoms with Crippen LogP contribution in [-0.4, -0.2) is 25.1 Å². The Balaban J connectivity index is 2.35. The minimum absolute atomic E-state index is 0.642. The van der Waals surface area contributed by atoms with Crippen molar-refractivity contribution < 1.29 is 0 Å². The molecule has 0 unspecified atom stereocenters. The molecule has 0 radical (unpaired) electrons. The lowest BCUT2D eigenvalue weighted by molar-refractivity contribution is 0.637. The van der Waals surface area contributed by atoms with E-state index in [0.29, 0.717) is 5.92 Å². The highest BCUT2D eigenvalue weighted by Gasteiger charge is 2.10. The van der Waals surface area contributed by atoms with Gasteiger partial charge in [0.05, 0.1) is 11.2 Å². The molecule has 0 spiro atoms. The van der Waals surface area contributed by atoms with E-state index >= 15 is 0 Å². The number of hydrogen-bond donors (Lipinski definition) is 1. The minimum atomic E-state index is 0.642. The maximum absolute atomic E-state index is 4.78. The summed E-state index contributed by atoms with van der Waals surface area (Å²) in [6, 6.07) is 10.6. The van der Waals surface area contributed by atoms with Crippen LogP contribution in [0.2, 0.25) is 0 Å². The second kappa shape index (κ2) is 7.41. The predicted molar refractivity (Wildman–Crippen MR) is 91.8 cm³/mol. The molecule has 21 heavy (non-hydrogen) atoms. The molecule has 0 amide bonds. The van der Waals surface area contributed by atoms with Crippen molar-refractivity contribution in [3.05, 3.63) is 36.0 Å². The van der Waals surface area contributed by atoms with Gasteiger partial charge in [-0.3, -0.25) is 4.98 Å². The van der Waals surface area contributed by atoms with E-state index < -0.39 is 0 Å². The van der Waals surface area contributed by atoms with E-state index in [2.05, 4.69) is 68.4 Å². The fraction of sp³-hybridized carbons (Fsp3) is 0.500. The Morgan fingerprint density at radius 3 is 2.71 bits per heavy atom. The lowest BCUT2D eigenvalue weighted by atomic mass is 10.1. The molecule has 2 aromatic rings. The summed E-state index contributed by atoms with van der Waals surface area (Å²) < 4.78 is 0. The third kappa shape index (κ3) is 4.18. The van der Waals surface area contributed by atoms with Crippen molar-refractivity contribution in [2.75, 3.05) is 25.0 Å². The summed E-state index contributed by atoms with van der Waals surface area (Å²) in [6.07, 6.45) is 1.15. The van der Waals surface area contributed by atoms with Crippen LogP contribution in [0.5, 0.6) is 0 Å². The van der Waals surface area contributed by atoms with Crippen LogP contribution in [0.3, 0.4) is 0 Å². The van der Waals surface area contributed by atoms with E-state index in [9.17, 15) is 0 Å². The molecule has 114 valence electrons. The van der Waals surface area contributed by atoms with Gasteiger partial charge in [0, 0.05) is 31.2 Å². The topological polar surface area (TPSA) is 28.2 Å². The number of anilines is 1. The molecule has 0 saturated heterocycles. The quantitative estimate of drug-likeness (QED) is 0.784. The van der Waals surface area contributed by atoms with Crippen molar-refractivity contribution in [2.24, 2.45) is 5.92 Å². The van der Waals surface area contributed by atoms with Crippen LogP contribution in [0, 0.1) is 5.92 Å². The monoisotopic (exact) mass is 285 g/mol. The molecule has 1 aromatic carbocycles. The summed E-state index contributed by atoms with van der Waals surface area (Å²) >= 11 is 0. The summed E-state index contributed by atoms with van der Waals surface area (Å²) in [5.41, 5.74) is 3.48. The molecule has 0 aliphatic carbocycles. The Labute approximate surface area is 128 Å². The Hall–Kier alpha value is -1.61. The van der Waals surface area contributed by atoms with Gasteiger partial charge in [0.15, 0.2) is 0 Å². The van der Waals surface area contributed by atoms with E-state index in [1.165, 1.54) is 11.1 Å². The van der Waals surface area contributed by atoms with Crippen LogP contribution < -0.4 is 10.2 Å². The number of para-hydroxylation sites is 1. The fourth-order valence-corrected chi connectivity index (χ4v) is 2.66. The Morgan fingerprint density at radius 1 is 1.24 bits per heavy atom. The van der Waals surface area contributed by atoms with Crippen LogP contribution in [0.25, 0.3) is 10.9 Å². The van der Waals surface area contributed by atoms with Crippen LogP contribution in [-0.2, 0) is 6.54 Å². The zero-order valence-corrected chi connectivity index (χ0v) is 13.7. The average molecular weight is 285 g/mol. The number of nitrogens with one attached hydrogen (secondary N) is 1. The molecule has 1 heterocycles. The van der Waals surface area contributed by atoms with Gasteiger partial charge >= 0.3 is 0 Å². The van der Waals surface area contributed by atoms with Crippen molar-refractivity contribution in [1.29, 1.82) is 0 Å². The van der Waals surface area contributed by atoms with Crippen molar-refractivity contribution in [2.45, 2.75) is 33.7 Å². The molecule has 0 aliphatic rings. The zero-order chi connectivity index (χ0) is 15.2. The maximum atomic E-state index is 4.78. The SMILES string of the molecule is CCCNCc1cc(N(C)CC(C)C)c2ccccc2n1. The first-order valence-electron chi connectivity index (χ1n) is 7.92. The molecule has 0 saturated carbocycles. The normalized spacial score (nSPS) is 11.3. The van der Waals surface area contributed by atoms with E-state index in [-0.39, 0.29) is 0 Å². The lowest BCUT2D eigenvalue weighted by Gasteiger charge is -2.24. The molecular formula is C18H27N3. The van der Waals surface area contributed by atoms with Gasteiger partial charge in [-0.25, -0.2) is 0 Å². The first-order chi connectivity index (χ1) is 10.1.